The van der Waals surface area contributed by atoms with Crippen molar-refractivity contribution in [3.05, 3.63) is 194 Å². The third kappa shape index (κ3) is 4.50. The molecule has 9 aromatic carbocycles. The Balaban J connectivity index is 1.09. The van der Waals surface area contributed by atoms with E-state index in [1.807, 2.05) is 0 Å². The monoisotopic (exact) mass is 636 g/mol. The number of rotatable bonds is 5. The predicted octanol–water partition coefficient (Wildman–Crippen LogP) is 13.4. The molecule has 0 N–H and O–H groups in total. The number of para-hydroxylation sites is 2. The van der Waals surface area contributed by atoms with Crippen molar-refractivity contribution in [1.29, 1.82) is 0 Å². The number of anilines is 3. The molecule has 50 heavy (non-hydrogen) atoms. The van der Waals surface area contributed by atoms with E-state index < -0.39 is 0 Å². The van der Waals surface area contributed by atoms with Gasteiger partial charge in [0.15, 0.2) is 0 Å². The Morgan fingerprint density at radius 1 is 0.340 bits per heavy atom. The second-order valence-corrected chi connectivity index (χ2v) is 13.0. The molecule has 10 aromatic rings. The molecule has 2 heteroatoms. The van der Waals surface area contributed by atoms with Gasteiger partial charge in [-0.05, 0) is 98.7 Å². The molecular weight excluding hydrogens is 605 g/mol. The van der Waals surface area contributed by atoms with Crippen molar-refractivity contribution < 1.29 is 0 Å². The van der Waals surface area contributed by atoms with Gasteiger partial charge in [0.1, 0.15) is 0 Å². The number of nitrogens with zero attached hydrogens (tertiary/aromatic N) is 2. The Morgan fingerprint density at radius 3 is 1.66 bits per heavy atom. The maximum absolute atomic E-state index is 2.42. The van der Waals surface area contributed by atoms with Crippen molar-refractivity contribution in [2.24, 2.45) is 0 Å². The van der Waals surface area contributed by atoms with Crippen LogP contribution in [-0.4, -0.2) is 4.57 Å². The highest BCUT2D eigenvalue weighted by Gasteiger charge is 2.17. The van der Waals surface area contributed by atoms with E-state index in [-0.39, 0.29) is 0 Å². The van der Waals surface area contributed by atoms with Gasteiger partial charge in [-0.3, -0.25) is 0 Å². The molecule has 0 unspecified atom stereocenters. The highest BCUT2D eigenvalue weighted by molar-refractivity contribution is 6.18. The maximum atomic E-state index is 2.42. The van der Waals surface area contributed by atoms with Crippen molar-refractivity contribution in [1.82, 2.24) is 4.57 Å². The first-order valence-electron chi connectivity index (χ1n) is 17.2. The average molecular weight is 637 g/mol. The van der Waals surface area contributed by atoms with Gasteiger partial charge >= 0.3 is 0 Å². The van der Waals surface area contributed by atoms with E-state index in [4.69, 9.17) is 0 Å². The van der Waals surface area contributed by atoms with Gasteiger partial charge in [-0.1, -0.05) is 133 Å². The van der Waals surface area contributed by atoms with Crippen molar-refractivity contribution in [2.45, 2.75) is 0 Å². The number of benzene rings is 9. The topological polar surface area (TPSA) is 8.17 Å². The van der Waals surface area contributed by atoms with Crippen LogP contribution in [-0.2, 0) is 0 Å². The van der Waals surface area contributed by atoms with E-state index in [2.05, 4.69) is 204 Å². The van der Waals surface area contributed by atoms with E-state index in [0.717, 1.165) is 22.7 Å². The maximum Gasteiger partial charge on any atom is 0.0619 e. The van der Waals surface area contributed by atoms with Crippen molar-refractivity contribution >= 4 is 71.2 Å². The van der Waals surface area contributed by atoms with Crippen molar-refractivity contribution in [3.63, 3.8) is 0 Å². The lowest BCUT2D eigenvalue weighted by atomic mass is 9.93. The fourth-order valence-electron chi connectivity index (χ4n) is 7.86. The Bertz CT molecular complexity index is 2850. The third-order valence-corrected chi connectivity index (χ3v) is 10.1. The highest BCUT2D eigenvalue weighted by Crippen LogP contribution is 2.40. The molecule has 0 saturated carbocycles. The first kappa shape index (κ1) is 28.4. The molecule has 1 aromatic heterocycles. The number of hydrogen-bond donors (Lipinski definition) is 0. The van der Waals surface area contributed by atoms with Gasteiger partial charge in [0.2, 0.25) is 0 Å². The van der Waals surface area contributed by atoms with Crippen molar-refractivity contribution in [3.8, 4) is 16.8 Å². The molecule has 0 aliphatic heterocycles. The van der Waals surface area contributed by atoms with Crippen LogP contribution in [0.1, 0.15) is 0 Å². The van der Waals surface area contributed by atoms with Crippen LogP contribution in [0.3, 0.4) is 0 Å². The molecule has 10 rings (SSSR count). The largest absolute Gasteiger partial charge is 0.311 e. The van der Waals surface area contributed by atoms with Gasteiger partial charge in [0.05, 0.1) is 11.0 Å². The molecule has 234 valence electrons. The summed E-state index contributed by atoms with van der Waals surface area (Å²) in [4.78, 5) is 2.34. The summed E-state index contributed by atoms with van der Waals surface area (Å²) < 4.78 is 2.42. The van der Waals surface area contributed by atoms with Crippen LogP contribution in [0, 0.1) is 0 Å². The fraction of sp³-hybridized carbons (Fsp3) is 0. The summed E-state index contributed by atoms with van der Waals surface area (Å²) in [6.07, 6.45) is 0. The molecule has 0 spiro atoms. The Morgan fingerprint density at radius 2 is 0.900 bits per heavy atom. The molecule has 0 radical (unpaired) electrons. The van der Waals surface area contributed by atoms with Gasteiger partial charge in [-0.25, -0.2) is 0 Å². The Labute approximate surface area is 290 Å². The smallest absolute Gasteiger partial charge is 0.0619 e. The van der Waals surface area contributed by atoms with Gasteiger partial charge in [-0.15, -0.1) is 0 Å². The molecule has 0 saturated heterocycles. The zero-order chi connectivity index (χ0) is 33.0. The molecule has 0 amide bonds. The highest BCUT2D eigenvalue weighted by atomic mass is 15.1. The minimum absolute atomic E-state index is 1.11. The summed E-state index contributed by atoms with van der Waals surface area (Å²) in [5, 5.41) is 10.1. The van der Waals surface area contributed by atoms with Crippen molar-refractivity contribution in [2.75, 3.05) is 4.90 Å². The Kier molecular flexibility index (Phi) is 6.53. The lowest BCUT2D eigenvalue weighted by Crippen LogP contribution is -2.10. The summed E-state index contributed by atoms with van der Waals surface area (Å²) in [6.45, 7) is 0. The van der Waals surface area contributed by atoms with Gasteiger partial charge in [0, 0.05) is 38.9 Å². The molecule has 0 atom stereocenters. The van der Waals surface area contributed by atoms with Crippen LogP contribution in [0.25, 0.3) is 70.9 Å². The minimum Gasteiger partial charge on any atom is -0.311 e. The van der Waals surface area contributed by atoms with Crippen LogP contribution in [0.2, 0.25) is 0 Å². The molecular formula is C48H32N2. The minimum atomic E-state index is 1.11. The number of fused-ring (bicyclic) bond motifs is 8. The first-order chi connectivity index (χ1) is 24.8. The lowest BCUT2D eigenvalue weighted by molar-refractivity contribution is 1.18. The SMILES string of the molecule is c1ccc(N(c2ccc(-c3cc4ccccc4c4ccccc34)cc2)c2ccc(-n3c4ccccc4c4ccc5ccccc5c43)cc2)cc1. The molecule has 0 aliphatic rings. The molecule has 0 bridgehead atoms. The number of aromatic nitrogens is 1. The van der Waals surface area contributed by atoms with E-state index in [1.165, 1.54) is 65.3 Å². The summed E-state index contributed by atoms with van der Waals surface area (Å²) in [5.41, 5.74) is 9.39. The zero-order valence-corrected chi connectivity index (χ0v) is 27.4. The summed E-state index contributed by atoms with van der Waals surface area (Å²) in [5.74, 6) is 0. The summed E-state index contributed by atoms with van der Waals surface area (Å²) in [6, 6.07) is 70.4. The standard InChI is InChI=1S/C48H32N2/c1-2-14-36(15-3-1)49(37-25-22-34(23-26-37)46-32-35-13-5-6-16-40(35)42-18-8-9-19-43(42)46)38-27-29-39(30-28-38)50-47-21-11-10-20-44(47)45-31-24-33-12-4-7-17-41(33)48(45)50/h1-32H. The lowest BCUT2D eigenvalue weighted by Gasteiger charge is -2.26. The summed E-state index contributed by atoms with van der Waals surface area (Å²) in [7, 11) is 0. The third-order valence-electron chi connectivity index (χ3n) is 10.1. The molecule has 0 aliphatic carbocycles. The van der Waals surface area contributed by atoms with Crippen LogP contribution in [0.5, 0.6) is 0 Å². The molecule has 0 fully saturated rings. The van der Waals surface area contributed by atoms with Gasteiger partial charge in [0.25, 0.3) is 0 Å². The van der Waals surface area contributed by atoms with E-state index >= 15 is 0 Å². The zero-order valence-electron chi connectivity index (χ0n) is 27.4. The first-order valence-corrected chi connectivity index (χ1v) is 17.2. The summed E-state index contributed by atoms with van der Waals surface area (Å²) >= 11 is 0. The van der Waals surface area contributed by atoms with E-state index in [1.54, 1.807) is 0 Å². The normalized spacial score (nSPS) is 11.6. The van der Waals surface area contributed by atoms with Crippen LogP contribution in [0.4, 0.5) is 17.1 Å². The average Bonchev–Trinajstić information content (AvgIpc) is 3.54. The quantitative estimate of drug-likeness (QED) is 0.171. The second-order valence-electron chi connectivity index (χ2n) is 13.0. The van der Waals surface area contributed by atoms with Crippen LogP contribution < -0.4 is 4.90 Å². The second kappa shape index (κ2) is 11.5. The fourth-order valence-corrected chi connectivity index (χ4v) is 7.86. The van der Waals surface area contributed by atoms with E-state index in [9.17, 15) is 0 Å². The Hall–Kier alpha value is -6.64. The van der Waals surface area contributed by atoms with Crippen LogP contribution in [0.15, 0.2) is 194 Å². The van der Waals surface area contributed by atoms with Crippen LogP contribution >= 0.6 is 0 Å². The number of hydrogen-bond acceptors (Lipinski definition) is 1. The predicted molar refractivity (Wildman–Crippen MR) is 213 cm³/mol. The van der Waals surface area contributed by atoms with E-state index in [0.29, 0.717) is 0 Å². The molecule has 1 heterocycles. The van der Waals surface area contributed by atoms with Gasteiger partial charge in [-0.2, -0.15) is 0 Å². The van der Waals surface area contributed by atoms with Gasteiger partial charge < -0.3 is 9.47 Å². The molecule has 2 nitrogen and oxygen atoms in total.